The highest BCUT2D eigenvalue weighted by Crippen LogP contribution is 2.33. The zero-order valence-electron chi connectivity index (χ0n) is 12.2. The molecule has 0 atom stereocenters. The topological polar surface area (TPSA) is 151 Å². The highest BCUT2D eigenvalue weighted by Gasteiger charge is 2.25. The molecule has 3 N–H and O–H groups in total. The van der Waals surface area contributed by atoms with Crippen LogP contribution in [0.4, 0.5) is 0 Å². The van der Waals surface area contributed by atoms with Gasteiger partial charge in [-0.25, -0.2) is 0 Å². The van der Waals surface area contributed by atoms with Gasteiger partial charge in [-0.05, 0) is 24.6 Å². The fraction of sp³-hybridized carbons (Fsp3) is 0.154. The summed E-state index contributed by atoms with van der Waals surface area (Å²) in [6.07, 6.45) is 0. The van der Waals surface area contributed by atoms with Crippen LogP contribution in [0, 0.1) is 0 Å². The zero-order chi connectivity index (χ0) is 18.3. The summed E-state index contributed by atoms with van der Waals surface area (Å²) < 4.78 is 64.3. The molecule has 0 spiro atoms. The van der Waals surface area contributed by atoms with Gasteiger partial charge in [0.2, 0.25) is 5.88 Å². The van der Waals surface area contributed by atoms with Crippen LogP contribution in [0.3, 0.4) is 0 Å². The lowest BCUT2D eigenvalue weighted by Gasteiger charge is -2.13. The van der Waals surface area contributed by atoms with E-state index in [1.807, 2.05) is 0 Å². The molecule has 0 aliphatic rings. The van der Waals surface area contributed by atoms with E-state index in [1.165, 1.54) is 6.92 Å². The summed E-state index contributed by atoms with van der Waals surface area (Å²) in [5.74, 6) is -0.929. The molecular weight excluding hydrogens is 362 g/mol. The average Bonchev–Trinajstić information content (AvgIpc) is 2.44. The first-order chi connectivity index (χ1) is 11.0. The van der Waals surface area contributed by atoms with Crippen LogP contribution in [-0.4, -0.2) is 35.6 Å². The molecule has 2 aromatic rings. The summed E-state index contributed by atoms with van der Waals surface area (Å²) in [4.78, 5) is 10.7. The van der Waals surface area contributed by atoms with Crippen LogP contribution in [-0.2, 0) is 26.8 Å². The number of hydrogen-bond donors (Lipinski definition) is 3. The normalized spacial score (nSPS) is 12.3. The van der Waals surface area contributed by atoms with Gasteiger partial charge in [0.25, 0.3) is 25.8 Å². The summed E-state index contributed by atoms with van der Waals surface area (Å²) >= 11 is 0. The van der Waals surface area contributed by atoms with Gasteiger partial charge >= 0.3 is 0 Å². The Labute approximate surface area is 137 Å². The fourth-order valence-electron chi connectivity index (χ4n) is 2.20. The fourth-order valence-corrected chi connectivity index (χ4v) is 3.47. The van der Waals surface area contributed by atoms with E-state index in [9.17, 15) is 31.3 Å². The van der Waals surface area contributed by atoms with E-state index in [2.05, 4.69) is 0 Å². The molecule has 9 nitrogen and oxygen atoms in total. The Morgan fingerprint density at radius 1 is 1.00 bits per heavy atom. The van der Waals surface area contributed by atoms with E-state index in [4.69, 9.17) is 4.55 Å². The Bertz CT molecular complexity index is 1050. The van der Waals surface area contributed by atoms with Crippen molar-refractivity contribution < 1.29 is 31.0 Å². The van der Waals surface area contributed by atoms with Gasteiger partial charge in [-0.3, -0.25) is 18.5 Å². The molecule has 0 unspecified atom stereocenters. The van der Waals surface area contributed by atoms with Crippen LogP contribution in [0.5, 0.6) is 5.88 Å². The molecule has 11 heteroatoms. The maximum atomic E-state index is 12.0. The Balaban J connectivity index is 2.82. The average molecular weight is 375 g/mol. The molecule has 0 saturated carbocycles. The lowest BCUT2D eigenvalue weighted by molar-refractivity contribution is 0.389. The van der Waals surface area contributed by atoms with Gasteiger partial charge in [-0.15, -0.1) is 0 Å². The van der Waals surface area contributed by atoms with Crippen LogP contribution in [0.25, 0.3) is 11.1 Å². The standard InChI is InChI=1S/C13H13NO8S2/c1-2-14-11(15)7-10(12(13(14)16)24(20,21)22)8-3-5-9(6-4-8)23(17,18)19/h3-7,16H,2H2,1H3,(H,17,18,19)(H,20,21,22). The van der Waals surface area contributed by atoms with Gasteiger partial charge in [0, 0.05) is 18.2 Å². The van der Waals surface area contributed by atoms with Crippen molar-refractivity contribution in [1.82, 2.24) is 4.57 Å². The lowest BCUT2D eigenvalue weighted by Crippen LogP contribution is -2.21. The monoisotopic (exact) mass is 375 g/mol. The van der Waals surface area contributed by atoms with Crippen LogP contribution in [0.2, 0.25) is 0 Å². The van der Waals surface area contributed by atoms with Crippen LogP contribution in [0.1, 0.15) is 6.92 Å². The van der Waals surface area contributed by atoms with E-state index in [0.29, 0.717) is 0 Å². The number of aromatic hydroxyl groups is 1. The van der Waals surface area contributed by atoms with Crippen molar-refractivity contribution in [2.75, 3.05) is 0 Å². The quantitative estimate of drug-likeness (QED) is 0.662. The van der Waals surface area contributed by atoms with Crippen LogP contribution >= 0.6 is 0 Å². The van der Waals surface area contributed by atoms with Crippen molar-refractivity contribution in [3.8, 4) is 17.0 Å². The SMILES string of the molecule is CCn1c(O)c(S(=O)(=O)O)c(-c2ccc(S(=O)(=O)O)cc2)cc1=O. The van der Waals surface area contributed by atoms with E-state index in [1.54, 1.807) is 0 Å². The molecule has 0 saturated heterocycles. The third-order valence-electron chi connectivity index (χ3n) is 3.27. The summed E-state index contributed by atoms with van der Waals surface area (Å²) in [6.45, 7) is 1.46. The Kier molecular flexibility index (Phi) is 4.55. The predicted octanol–water partition coefficient (Wildman–Crippen LogP) is 0.734. The minimum absolute atomic E-state index is 0.0326. The Morgan fingerprint density at radius 3 is 1.96 bits per heavy atom. The molecule has 1 aromatic heterocycles. The number of pyridine rings is 1. The number of rotatable bonds is 4. The van der Waals surface area contributed by atoms with Crippen molar-refractivity contribution >= 4 is 20.2 Å². The molecule has 2 rings (SSSR count). The number of benzene rings is 1. The first-order valence-electron chi connectivity index (χ1n) is 6.49. The van der Waals surface area contributed by atoms with Gasteiger partial charge < -0.3 is 5.11 Å². The molecule has 0 aliphatic carbocycles. The summed E-state index contributed by atoms with van der Waals surface area (Å²) in [5.41, 5.74) is -0.964. The van der Waals surface area contributed by atoms with E-state index >= 15 is 0 Å². The van der Waals surface area contributed by atoms with E-state index < -0.39 is 41.5 Å². The first-order valence-corrected chi connectivity index (χ1v) is 9.37. The summed E-state index contributed by atoms with van der Waals surface area (Å²) in [5, 5.41) is 10.0. The minimum Gasteiger partial charge on any atom is -0.493 e. The molecule has 0 fully saturated rings. The third kappa shape index (κ3) is 3.33. The molecular formula is C13H13NO8S2. The molecule has 1 aromatic carbocycles. The zero-order valence-corrected chi connectivity index (χ0v) is 13.9. The second kappa shape index (κ2) is 6.02. The molecule has 0 bridgehead atoms. The predicted molar refractivity (Wildman–Crippen MR) is 83.1 cm³/mol. The molecule has 130 valence electrons. The van der Waals surface area contributed by atoms with Crippen molar-refractivity contribution in [3.63, 3.8) is 0 Å². The second-order valence-corrected chi connectivity index (χ2v) is 7.55. The largest absolute Gasteiger partial charge is 0.493 e. The van der Waals surface area contributed by atoms with Gasteiger partial charge in [-0.2, -0.15) is 16.8 Å². The highest BCUT2D eigenvalue weighted by molar-refractivity contribution is 7.86. The Morgan fingerprint density at radius 2 is 1.54 bits per heavy atom. The Hall–Kier alpha value is -2.21. The highest BCUT2D eigenvalue weighted by atomic mass is 32.2. The van der Waals surface area contributed by atoms with Crippen molar-refractivity contribution in [1.29, 1.82) is 0 Å². The van der Waals surface area contributed by atoms with Gasteiger partial charge in [0.05, 0.1) is 4.90 Å². The second-order valence-electron chi connectivity index (χ2n) is 4.77. The molecule has 0 aliphatic heterocycles. The lowest BCUT2D eigenvalue weighted by atomic mass is 10.1. The number of nitrogens with zero attached hydrogens (tertiary/aromatic N) is 1. The number of aromatic nitrogens is 1. The van der Waals surface area contributed by atoms with E-state index in [0.717, 1.165) is 34.9 Å². The molecule has 0 amide bonds. The van der Waals surface area contributed by atoms with Gasteiger partial charge in [0.1, 0.15) is 0 Å². The summed E-state index contributed by atoms with van der Waals surface area (Å²) in [6, 6.07) is 5.13. The van der Waals surface area contributed by atoms with Gasteiger partial charge in [0.15, 0.2) is 4.90 Å². The van der Waals surface area contributed by atoms with Crippen LogP contribution < -0.4 is 5.56 Å². The van der Waals surface area contributed by atoms with E-state index in [-0.39, 0.29) is 17.7 Å². The first kappa shape index (κ1) is 18.1. The molecule has 0 radical (unpaired) electrons. The smallest absolute Gasteiger partial charge is 0.300 e. The summed E-state index contributed by atoms with van der Waals surface area (Å²) in [7, 11) is -9.33. The maximum absolute atomic E-state index is 12.0. The minimum atomic E-state index is -4.88. The van der Waals surface area contributed by atoms with Gasteiger partial charge in [-0.1, -0.05) is 12.1 Å². The molecule has 1 heterocycles. The van der Waals surface area contributed by atoms with Crippen molar-refractivity contribution in [2.45, 2.75) is 23.3 Å². The maximum Gasteiger partial charge on any atom is 0.300 e. The van der Waals surface area contributed by atoms with Crippen molar-refractivity contribution in [2.24, 2.45) is 0 Å². The van der Waals surface area contributed by atoms with Crippen LogP contribution in [0.15, 0.2) is 44.9 Å². The van der Waals surface area contributed by atoms with Crippen molar-refractivity contribution in [3.05, 3.63) is 40.7 Å². The number of hydrogen-bond acceptors (Lipinski definition) is 6. The third-order valence-corrected chi connectivity index (χ3v) is 5.06. The molecule has 24 heavy (non-hydrogen) atoms.